The van der Waals surface area contributed by atoms with Crippen molar-refractivity contribution in [3.63, 3.8) is 0 Å². The third-order valence-electron chi connectivity index (χ3n) is 2.88. The summed E-state index contributed by atoms with van der Waals surface area (Å²) < 4.78 is 5.21. The smallest absolute Gasteiger partial charge is 0.408 e. The Morgan fingerprint density at radius 3 is 2.25 bits per heavy atom. The first-order valence-electron chi connectivity index (χ1n) is 8.06. The lowest BCUT2D eigenvalue weighted by Gasteiger charge is -2.22. The zero-order chi connectivity index (χ0) is 18.5. The van der Waals surface area contributed by atoms with Crippen molar-refractivity contribution in [2.45, 2.75) is 78.4 Å². The standard InChI is InChI=1S/C16H28N4O3S/c1-8-9-10(17-14(22)23-16(5,6)7)11(21)18-13-20-19-12(24-13)15(2,3)4/h10H,8-9H2,1-7H3,(H,17,22)(H,18,20,21). The van der Waals surface area contributed by atoms with Crippen LogP contribution in [-0.2, 0) is 14.9 Å². The minimum Gasteiger partial charge on any atom is -0.444 e. The van der Waals surface area contributed by atoms with Gasteiger partial charge in [-0.05, 0) is 27.2 Å². The van der Waals surface area contributed by atoms with E-state index < -0.39 is 17.7 Å². The molecule has 1 unspecified atom stereocenters. The molecule has 0 aromatic carbocycles. The summed E-state index contributed by atoms with van der Waals surface area (Å²) in [4.78, 5) is 24.3. The van der Waals surface area contributed by atoms with Crippen LogP contribution in [0.15, 0.2) is 0 Å². The fourth-order valence-electron chi connectivity index (χ4n) is 1.78. The third-order valence-corrected chi connectivity index (χ3v) is 4.15. The average molecular weight is 356 g/mol. The summed E-state index contributed by atoms with van der Waals surface area (Å²) in [5, 5.41) is 14.7. The largest absolute Gasteiger partial charge is 0.444 e. The Kier molecular flexibility index (Phi) is 6.71. The van der Waals surface area contributed by atoms with Crippen LogP contribution in [0.2, 0.25) is 0 Å². The maximum absolute atomic E-state index is 12.4. The van der Waals surface area contributed by atoms with Crippen molar-refractivity contribution in [3.8, 4) is 0 Å². The molecule has 0 saturated heterocycles. The van der Waals surface area contributed by atoms with E-state index in [9.17, 15) is 9.59 Å². The number of alkyl carbamates (subject to hydrolysis) is 1. The normalized spacial score (nSPS) is 13.3. The van der Waals surface area contributed by atoms with Gasteiger partial charge < -0.3 is 10.1 Å². The van der Waals surface area contributed by atoms with Crippen LogP contribution >= 0.6 is 11.3 Å². The van der Waals surface area contributed by atoms with Crippen LogP contribution in [0.3, 0.4) is 0 Å². The Balaban J connectivity index is 2.73. The lowest BCUT2D eigenvalue weighted by molar-refractivity contribution is -0.118. The minimum atomic E-state index is -0.674. The molecule has 2 N–H and O–H groups in total. The number of nitrogens with one attached hydrogen (secondary N) is 2. The van der Waals surface area contributed by atoms with Crippen molar-refractivity contribution in [3.05, 3.63) is 5.01 Å². The molecule has 0 aliphatic carbocycles. The summed E-state index contributed by atoms with van der Waals surface area (Å²) in [5.41, 5.74) is -0.740. The molecule has 0 bridgehead atoms. The van der Waals surface area contributed by atoms with Crippen LogP contribution in [0, 0.1) is 0 Å². The van der Waals surface area contributed by atoms with E-state index >= 15 is 0 Å². The highest BCUT2D eigenvalue weighted by molar-refractivity contribution is 7.15. The molecule has 1 aromatic heterocycles. The summed E-state index contributed by atoms with van der Waals surface area (Å²) in [6.45, 7) is 13.4. The van der Waals surface area contributed by atoms with Gasteiger partial charge in [0.15, 0.2) is 0 Å². The Labute approximate surface area is 147 Å². The number of ether oxygens (including phenoxy) is 1. The summed E-state index contributed by atoms with van der Waals surface area (Å²) in [6.07, 6.45) is 0.650. The molecular formula is C16H28N4O3S. The van der Waals surface area contributed by atoms with Crippen molar-refractivity contribution in [1.29, 1.82) is 0 Å². The molecule has 0 radical (unpaired) electrons. The van der Waals surface area contributed by atoms with Crippen molar-refractivity contribution in [2.24, 2.45) is 0 Å². The van der Waals surface area contributed by atoms with Gasteiger partial charge in [-0.1, -0.05) is 45.5 Å². The van der Waals surface area contributed by atoms with E-state index in [2.05, 4.69) is 20.8 Å². The van der Waals surface area contributed by atoms with Gasteiger partial charge in [0, 0.05) is 5.41 Å². The van der Waals surface area contributed by atoms with E-state index in [1.54, 1.807) is 20.8 Å². The number of anilines is 1. The van der Waals surface area contributed by atoms with Crippen LogP contribution < -0.4 is 10.6 Å². The molecule has 136 valence electrons. The first-order valence-corrected chi connectivity index (χ1v) is 8.88. The average Bonchev–Trinajstić information content (AvgIpc) is 2.84. The Bertz CT molecular complexity index is 573. The van der Waals surface area contributed by atoms with Gasteiger partial charge in [-0.3, -0.25) is 10.1 Å². The van der Waals surface area contributed by atoms with Gasteiger partial charge in [0.05, 0.1) is 0 Å². The molecule has 0 saturated carbocycles. The van der Waals surface area contributed by atoms with Gasteiger partial charge in [-0.25, -0.2) is 4.79 Å². The molecule has 1 atom stereocenters. The molecule has 24 heavy (non-hydrogen) atoms. The molecule has 0 aliphatic rings. The molecular weight excluding hydrogens is 328 g/mol. The van der Waals surface area contributed by atoms with Gasteiger partial charge in [-0.15, -0.1) is 10.2 Å². The quantitative estimate of drug-likeness (QED) is 0.842. The second kappa shape index (κ2) is 7.92. The fraction of sp³-hybridized carbons (Fsp3) is 0.750. The lowest BCUT2D eigenvalue weighted by atomic mass is 9.98. The van der Waals surface area contributed by atoms with E-state index in [0.717, 1.165) is 11.4 Å². The van der Waals surface area contributed by atoms with Gasteiger partial charge in [0.2, 0.25) is 11.0 Å². The summed E-state index contributed by atoms with van der Waals surface area (Å²) >= 11 is 1.33. The maximum atomic E-state index is 12.4. The zero-order valence-electron chi connectivity index (χ0n) is 15.5. The predicted molar refractivity (Wildman–Crippen MR) is 95.3 cm³/mol. The number of rotatable bonds is 5. The van der Waals surface area contributed by atoms with E-state index in [4.69, 9.17) is 4.74 Å². The number of amides is 2. The van der Waals surface area contributed by atoms with Crippen LogP contribution in [0.5, 0.6) is 0 Å². The van der Waals surface area contributed by atoms with E-state index in [0.29, 0.717) is 11.6 Å². The Morgan fingerprint density at radius 2 is 1.79 bits per heavy atom. The summed E-state index contributed by atoms with van der Waals surface area (Å²) in [5.74, 6) is -0.320. The molecule has 0 aliphatic heterocycles. The second-order valence-electron chi connectivity index (χ2n) is 7.64. The highest BCUT2D eigenvalue weighted by Crippen LogP contribution is 2.27. The van der Waals surface area contributed by atoms with Crippen molar-refractivity contribution < 1.29 is 14.3 Å². The fourth-order valence-corrected chi connectivity index (χ4v) is 2.58. The molecule has 0 spiro atoms. The number of nitrogens with zero attached hydrogens (tertiary/aromatic N) is 2. The zero-order valence-corrected chi connectivity index (χ0v) is 16.3. The second-order valence-corrected chi connectivity index (χ2v) is 8.62. The van der Waals surface area contributed by atoms with Crippen LogP contribution in [0.25, 0.3) is 0 Å². The molecule has 1 aromatic rings. The molecule has 1 heterocycles. The first kappa shape index (κ1) is 20.3. The third kappa shape index (κ3) is 6.82. The monoisotopic (exact) mass is 356 g/mol. The SMILES string of the molecule is CCCC(NC(=O)OC(C)(C)C)C(=O)Nc1nnc(C(C)(C)C)s1. The molecule has 7 nitrogen and oxygen atoms in total. The molecule has 2 amide bonds. The van der Waals surface area contributed by atoms with Gasteiger partial charge in [-0.2, -0.15) is 0 Å². The van der Waals surface area contributed by atoms with Gasteiger partial charge >= 0.3 is 6.09 Å². The number of carbonyl (C=O) groups excluding carboxylic acids is 2. The highest BCUT2D eigenvalue weighted by Gasteiger charge is 2.25. The van der Waals surface area contributed by atoms with Crippen molar-refractivity contribution in [1.82, 2.24) is 15.5 Å². The summed E-state index contributed by atoms with van der Waals surface area (Å²) in [6, 6.07) is -0.674. The number of hydrogen-bond acceptors (Lipinski definition) is 6. The minimum absolute atomic E-state index is 0.127. The van der Waals surface area contributed by atoms with Crippen molar-refractivity contribution in [2.75, 3.05) is 5.32 Å². The van der Waals surface area contributed by atoms with Crippen LogP contribution in [-0.4, -0.2) is 33.8 Å². The summed E-state index contributed by atoms with van der Waals surface area (Å²) in [7, 11) is 0. The lowest BCUT2D eigenvalue weighted by Crippen LogP contribution is -2.45. The molecule has 0 fully saturated rings. The van der Waals surface area contributed by atoms with Crippen molar-refractivity contribution >= 4 is 28.5 Å². The van der Waals surface area contributed by atoms with Gasteiger partial charge in [0.25, 0.3) is 0 Å². The van der Waals surface area contributed by atoms with E-state index in [1.807, 2.05) is 27.7 Å². The number of aromatic nitrogens is 2. The molecule has 1 rings (SSSR count). The van der Waals surface area contributed by atoms with E-state index in [1.165, 1.54) is 11.3 Å². The highest BCUT2D eigenvalue weighted by atomic mass is 32.1. The number of hydrogen-bond donors (Lipinski definition) is 2. The van der Waals surface area contributed by atoms with E-state index in [-0.39, 0.29) is 11.3 Å². The Morgan fingerprint density at radius 1 is 1.17 bits per heavy atom. The van der Waals surface area contributed by atoms with Crippen LogP contribution in [0.1, 0.15) is 66.3 Å². The molecule has 8 heteroatoms. The van der Waals surface area contributed by atoms with Crippen LogP contribution in [0.4, 0.5) is 9.93 Å². The first-order chi connectivity index (χ1) is 10.9. The van der Waals surface area contributed by atoms with Gasteiger partial charge in [0.1, 0.15) is 16.7 Å². The Hall–Kier alpha value is -1.70. The topological polar surface area (TPSA) is 93.2 Å². The number of carbonyl (C=O) groups is 2. The predicted octanol–water partition coefficient (Wildman–Crippen LogP) is 3.47. The maximum Gasteiger partial charge on any atom is 0.408 e.